The smallest absolute Gasteiger partial charge is 0.355 e. The van der Waals surface area contributed by atoms with E-state index in [1.54, 1.807) is 30.3 Å². The number of hydrogen-bond acceptors (Lipinski definition) is 5. The molecule has 0 aliphatic heterocycles. The summed E-state index contributed by atoms with van der Waals surface area (Å²) < 4.78 is 9.82. The average molecular weight is 461 g/mol. The first-order valence-electron chi connectivity index (χ1n) is 9.02. The van der Waals surface area contributed by atoms with Crippen molar-refractivity contribution in [2.24, 2.45) is 0 Å². The van der Waals surface area contributed by atoms with Crippen molar-refractivity contribution < 1.29 is 23.9 Å². The quantitative estimate of drug-likeness (QED) is 0.415. The normalized spacial score (nSPS) is 11.3. The topological polar surface area (TPSA) is 97.5 Å². The fraction of sp³-hybridized carbons (Fsp3) is 0.136. The summed E-state index contributed by atoms with van der Waals surface area (Å²) >= 11 is 12.5. The number of H-pyrrole nitrogens is 1. The van der Waals surface area contributed by atoms with Gasteiger partial charge in [0.25, 0.3) is 0 Å². The SMILES string of the molecule is COC(=O)/C(=C/c1c(C(=O)OC)[nH]c2cc(Cl)cc(Cl)c12)c1cccc(NC(C)=O)c1. The minimum absolute atomic E-state index is 0.0982. The van der Waals surface area contributed by atoms with Gasteiger partial charge in [0.1, 0.15) is 5.69 Å². The molecule has 9 heteroatoms. The van der Waals surface area contributed by atoms with Crippen LogP contribution in [0.1, 0.15) is 28.5 Å². The van der Waals surface area contributed by atoms with Gasteiger partial charge in [-0.2, -0.15) is 0 Å². The minimum Gasteiger partial charge on any atom is -0.465 e. The summed E-state index contributed by atoms with van der Waals surface area (Å²) in [6.45, 7) is 1.38. The second kappa shape index (κ2) is 9.24. The molecule has 0 atom stereocenters. The molecule has 1 heterocycles. The van der Waals surface area contributed by atoms with Gasteiger partial charge in [-0.1, -0.05) is 35.3 Å². The Morgan fingerprint density at radius 3 is 2.45 bits per heavy atom. The van der Waals surface area contributed by atoms with E-state index in [9.17, 15) is 14.4 Å². The lowest BCUT2D eigenvalue weighted by atomic mass is 10.0. The molecular formula is C22H18Cl2N2O5. The number of methoxy groups -OCH3 is 2. The van der Waals surface area contributed by atoms with Crippen molar-refractivity contribution in [1.82, 2.24) is 4.98 Å². The fourth-order valence-electron chi connectivity index (χ4n) is 3.16. The summed E-state index contributed by atoms with van der Waals surface area (Å²) in [6.07, 6.45) is 1.49. The standard InChI is InChI=1S/C22H18Cl2N2O5/c1-11(27)25-14-6-4-5-12(7-14)15(21(28)30-2)10-16-19-17(24)8-13(23)9-18(19)26-20(16)22(29)31-3/h4-10,26H,1-3H3,(H,25,27)/b15-10+. The van der Waals surface area contributed by atoms with E-state index in [2.05, 4.69) is 10.3 Å². The Labute approximate surface area is 187 Å². The zero-order valence-electron chi connectivity index (χ0n) is 16.8. The van der Waals surface area contributed by atoms with Crippen LogP contribution in [-0.2, 0) is 19.1 Å². The van der Waals surface area contributed by atoms with Crippen molar-refractivity contribution in [1.29, 1.82) is 0 Å². The van der Waals surface area contributed by atoms with E-state index in [0.29, 0.717) is 32.7 Å². The monoisotopic (exact) mass is 460 g/mol. The number of carbonyl (C=O) groups excluding carboxylic acids is 3. The molecule has 0 fully saturated rings. The van der Waals surface area contributed by atoms with Crippen LogP contribution in [0.4, 0.5) is 5.69 Å². The van der Waals surface area contributed by atoms with Crippen LogP contribution in [0.3, 0.4) is 0 Å². The van der Waals surface area contributed by atoms with E-state index >= 15 is 0 Å². The van der Waals surface area contributed by atoms with Crippen LogP contribution in [0.2, 0.25) is 10.0 Å². The van der Waals surface area contributed by atoms with Crippen LogP contribution in [0.15, 0.2) is 36.4 Å². The van der Waals surface area contributed by atoms with Crippen LogP contribution >= 0.6 is 23.2 Å². The minimum atomic E-state index is -0.647. The van der Waals surface area contributed by atoms with Gasteiger partial charge < -0.3 is 19.8 Å². The van der Waals surface area contributed by atoms with Gasteiger partial charge in [-0.3, -0.25) is 4.79 Å². The molecule has 0 aliphatic carbocycles. The Hall–Kier alpha value is -3.29. The molecule has 1 amide bonds. The van der Waals surface area contributed by atoms with Gasteiger partial charge in [0.05, 0.1) is 24.8 Å². The molecule has 0 saturated heterocycles. The highest BCUT2D eigenvalue weighted by molar-refractivity contribution is 6.39. The zero-order chi connectivity index (χ0) is 22.7. The van der Waals surface area contributed by atoms with Gasteiger partial charge in [0.15, 0.2) is 0 Å². The summed E-state index contributed by atoms with van der Waals surface area (Å²) in [7, 11) is 2.49. The first kappa shape index (κ1) is 22.4. The Bertz CT molecular complexity index is 1230. The molecule has 3 aromatic rings. The lowest BCUT2D eigenvalue weighted by Crippen LogP contribution is -2.08. The van der Waals surface area contributed by atoms with Gasteiger partial charge >= 0.3 is 11.9 Å². The molecule has 2 N–H and O–H groups in total. The number of aromatic nitrogens is 1. The van der Waals surface area contributed by atoms with E-state index < -0.39 is 11.9 Å². The maximum Gasteiger partial charge on any atom is 0.355 e. The van der Waals surface area contributed by atoms with Crippen molar-refractivity contribution in [3.05, 3.63) is 63.3 Å². The van der Waals surface area contributed by atoms with E-state index in [4.69, 9.17) is 32.7 Å². The molecule has 0 unspecified atom stereocenters. The fourth-order valence-corrected chi connectivity index (χ4v) is 3.76. The summed E-state index contributed by atoms with van der Waals surface area (Å²) in [4.78, 5) is 39.4. The number of amides is 1. The van der Waals surface area contributed by atoms with Crippen LogP contribution in [0.25, 0.3) is 22.6 Å². The van der Waals surface area contributed by atoms with Gasteiger partial charge in [-0.15, -0.1) is 0 Å². The molecule has 31 heavy (non-hydrogen) atoms. The lowest BCUT2D eigenvalue weighted by Gasteiger charge is -2.09. The van der Waals surface area contributed by atoms with Gasteiger partial charge in [0.2, 0.25) is 5.91 Å². The largest absolute Gasteiger partial charge is 0.465 e. The number of halogens is 2. The molecule has 7 nitrogen and oxygen atoms in total. The number of hydrogen-bond donors (Lipinski definition) is 2. The van der Waals surface area contributed by atoms with E-state index in [1.807, 2.05) is 0 Å². The molecule has 160 valence electrons. The number of benzene rings is 2. The highest BCUT2D eigenvalue weighted by Crippen LogP contribution is 2.35. The molecule has 1 aromatic heterocycles. The van der Waals surface area contributed by atoms with Crippen molar-refractivity contribution >= 4 is 69.3 Å². The molecule has 0 aliphatic rings. The van der Waals surface area contributed by atoms with Crippen molar-refractivity contribution in [3.8, 4) is 0 Å². The summed E-state index contributed by atoms with van der Waals surface area (Å²) in [5.74, 6) is -1.55. The van der Waals surface area contributed by atoms with Gasteiger partial charge in [-0.05, 0) is 35.9 Å². The number of carbonyl (C=O) groups is 3. The van der Waals surface area contributed by atoms with E-state index in [0.717, 1.165) is 0 Å². The first-order valence-corrected chi connectivity index (χ1v) is 9.77. The third-order valence-corrected chi connectivity index (χ3v) is 4.95. The summed E-state index contributed by atoms with van der Waals surface area (Å²) in [6, 6.07) is 9.81. The van der Waals surface area contributed by atoms with Gasteiger partial charge in [-0.25, -0.2) is 9.59 Å². The second-order valence-corrected chi connectivity index (χ2v) is 7.37. The average Bonchev–Trinajstić information content (AvgIpc) is 3.08. The molecule has 0 bridgehead atoms. The molecule has 0 saturated carbocycles. The number of esters is 2. The number of anilines is 1. The van der Waals surface area contributed by atoms with E-state index in [-0.39, 0.29) is 22.2 Å². The van der Waals surface area contributed by atoms with Crippen molar-refractivity contribution in [2.75, 3.05) is 19.5 Å². The maximum absolute atomic E-state index is 12.6. The van der Waals surface area contributed by atoms with Crippen molar-refractivity contribution in [3.63, 3.8) is 0 Å². The zero-order valence-corrected chi connectivity index (χ0v) is 18.4. The molecular weight excluding hydrogens is 443 g/mol. The van der Waals surface area contributed by atoms with Crippen molar-refractivity contribution in [2.45, 2.75) is 6.92 Å². The van der Waals surface area contributed by atoms with Crippen LogP contribution in [-0.4, -0.2) is 37.0 Å². The summed E-state index contributed by atoms with van der Waals surface area (Å²) in [5, 5.41) is 3.82. The number of rotatable bonds is 5. The number of nitrogens with one attached hydrogen (secondary N) is 2. The Morgan fingerprint density at radius 1 is 1.06 bits per heavy atom. The highest BCUT2D eigenvalue weighted by atomic mass is 35.5. The number of ether oxygens (including phenoxy) is 2. The third-order valence-electron chi connectivity index (χ3n) is 4.43. The van der Waals surface area contributed by atoms with Crippen LogP contribution in [0, 0.1) is 0 Å². The van der Waals surface area contributed by atoms with Crippen LogP contribution in [0.5, 0.6) is 0 Å². The molecule has 0 spiro atoms. The molecule has 2 aromatic carbocycles. The molecule has 3 rings (SSSR count). The van der Waals surface area contributed by atoms with Crippen LogP contribution < -0.4 is 5.32 Å². The summed E-state index contributed by atoms with van der Waals surface area (Å²) in [5.41, 5.74) is 2.05. The first-order chi connectivity index (χ1) is 14.7. The molecule has 0 radical (unpaired) electrons. The Kier molecular flexibility index (Phi) is 6.68. The Balaban J connectivity index is 2.30. The van der Waals surface area contributed by atoms with E-state index in [1.165, 1.54) is 33.3 Å². The lowest BCUT2D eigenvalue weighted by molar-refractivity contribution is -0.133. The highest BCUT2D eigenvalue weighted by Gasteiger charge is 2.22. The second-order valence-electron chi connectivity index (χ2n) is 6.53. The Morgan fingerprint density at radius 2 is 1.81 bits per heavy atom. The predicted octanol–water partition coefficient (Wildman–Crippen LogP) is 4.93. The third kappa shape index (κ3) is 4.73. The van der Waals surface area contributed by atoms with Gasteiger partial charge in [0, 0.05) is 34.1 Å². The number of fused-ring (bicyclic) bond motifs is 1. The number of aromatic amines is 1. The maximum atomic E-state index is 12.6. The predicted molar refractivity (Wildman–Crippen MR) is 120 cm³/mol.